The highest BCUT2D eigenvalue weighted by Crippen LogP contribution is 2.08. The summed E-state index contributed by atoms with van der Waals surface area (Å²) >= 11 is 5.65. The molecule has 16 heavy (non-hydrogen) atoms. The van der Waals surface area contributed by atoms with Crippen LogP contribution >= 0.6 is 11.6 Å². The van der Waals surface area contributed by atoms with Crippen LogP contribution in [0.15, 0.2) is 18.3 Å². The van der Waals surface area contributed by atoms with Gasteiger partial charge in [-0.05, 0) is 19.1 Å². The molecule has 0 bridgehead atoms. The molecule has 0 saturated carbocycles. The van der Waals surface area contributed by atoms with Crippen molar-refractivity contribution in [3.63, 3.8) is 0 Å². The summed E-state index contributed by atoms with van der Waals surface area (Å²) in [5.74, 6) is 0. The topological polar surface area (TPSA) is 12.9 Å². The van der Waals surface area contributed by atoms with Crippen LogP contribution in [0.4, 0.5) is 0 Å². The van der Waals surface area contributed by atoms with E-state index in [-0.39, 0.29) is 0 Å². The number of pyridine rings is 1. The molecule has 0 amide bonds. The average molecular weight is 242 g/mol. The summed E-state index contributed by atoms with van der Waals surface area (Å²) in [6.07, 6.45) is 10.2. The number of hydrogen-bond acceptors (Lipinski definition) is 1. The van der Waals surface area contributed by atoms with E-state index in [1.807, 2.05) is 19.1 Å². The zero-order valence-electron chi connectivity index (χ0n) is 10.8. The molecule has 0 N–H and O–H groups in total. The van der Waals surface area contributed by atoms with Crippen molar-refractivity contribution < 1.29 is 0 Å². The Morgan fingerprint density at radius 3 is 1.94 bits per heavy atom. The summed E-state index contributed by atoms with van der Waals surface area (Å²) in [5.41, 5.74) is 0.883. The summed E-state index contributed by atoms with van der Waals surface area (Å²) in [6, 6.07) is 3.64. The Bertz CT molecular complexity index is 234. The van der Waals surface area contributed by atoms with Gasteiger partial charge in [-0.3, -0.25) is 4.98 Å². The Morgan fingerprint density at radius 1 is 1.06 bits per heavy atom. The van der Waals surface area contributed by atoms with Gasteiger partial charge in [0.25, 0.3) is 0 Å². The first-order chi connectivity index (χ1) is 7.72. The fourth-order valence-corrected chi connectivity index (χ4v) is 1.44. The SMILES string of the molecule is CCCCCCCC.Cc1ncccc1Cl. The smallest absolute Gasteiger partial charge is 0.0618 e. The Hall–Kier alpha value is -0.560. The number of unbranched alkanes of at least 4 members (excludes halogenated alkanes) is 5. The Morgan fingerprint density at radius 2 is 1.62 bits per heavy atom. The predicted octanol–water partition coefficient (Wildman–Crippen LogP) is 5.41. The van der Waals surface area contributed by atoms with Crippen LogP contribution in [-0.4, -0.2) is 4.98 Å². The molecule has 2 heteroatoms. The van der Waals surface area contributed by atoms with E-state index in [1.165, 1.54) is 38.5 Å². The highest BCUT2D eigenvalue weighted by molar-refractivity contribution is 6.31. The van der Waals surface area contributed by atoms with Crippen molar-refractivity contribution in [3.05, 3.63) is 29.0 Å². The third kappa shape index (κ3) is 8.72. The van der Waals surface area contributed by atoms with Crippen LogP contribution in [0.1, 0.15) is 58.1 Å². The van der Waals surface area contributed by atoms with Crippen molar-refractivity contribution in [2.24, 2.45) is 0 Å². The van der Waals surface area contributed by atoms with Gasteiger partial charge in [-0.2, -0.15) is 0 Å². The molecule has 0 fully saturated rings. The van der Waals surface area contributed by atoms with E-state index < -0.39 is 0 Å². The first-order valence-corrected chi connectivity index (χ1v) is 6.67. The standard InChI is InChI=1S/C8H18.C6H6ClN/c1-3-5-7-8-6-4-2;1-5-6(7)3-2-4-8-5/h3-8H2,1-2H3;2-4H,1H3. The third-order valence-electron chi connectivity index (χ3n) is 2.40. The zero-order valence-corrected chi connectivity index (χ0v) is 11.6. The van der Waals surface area contributed by atoms with Crippen LogP contribution in [0, 0.1) is 6.92 Å². The number of halogens is 1. The second kappa shape index (κ2) is 10.9. The predicted molar refractivity (Wildman–Crippen MR) is 73.0 cm³/mol. The van der Waals surface area contributed by atoms with Crippen molar-refractivity contribution in [3.8, 4) is 0 Å². The monoisotopic (exact) mass is 241 g/mol. The van der Waals surface area contributed by atoms with Gasteiger partial charge in [0.1, 0.15) is 0 Å². The van der Waals surface area contributed by atoms with Crippen LogP contribution in [0.5, 0.6) is 0 Å². The van der Waals surface area contributed by atoms with Gasteiger partial charge in [0.2, 0.25) is 0 Å². The van der Waals surface area contributed by atoms with E-state index in [1.54, 1.807) is 6.20 Å². The van der Waals surface area contributed by atoms with Crippen molar-refractivity contribution in [1.82, 2.24) is 4.98 Å². The van der Waals surface area contributed by atoms with Crippen LogP contribution < -0.4 is 0 Å². The number of rotatable bonds is 5. The molecule has 1 aromatic rings. The minimum absolute atomic E-state index is 0.729. The lowest BCUT2D eigenvalue weighted by Crippen LogP contribution is -1.77. The van der Waals surface area contributed by atoms with Crippen molar-refractivity contribution in [2.45, 2.75) is 59.3 Å². The quantitative estimate of drug-likeness (QED) is 0.628. The Kier molecular flexibility index (Phi) is 10.6. The average Bonchev–Trinajstić information content (AvgIpc) is 2.30. The zero-order chi connectivity index (χ0) is 12.2. The number of aryl methyl sites for hydroxylation is 1. The molecule has 1 heterocycles. The van der Waals surface area contributed by atoms with Crippen molar-refractivity contribution in [1.29, 1.82) is 0 Å². The molecule has 92 valence electrons. The number of aromatic nitrogens is 1. The highest BCUT2D eigenvalue weighted by Gasteiger charge is 1.88. The first-order valence-electron chi connectivity index (χ1n) is 6.29. The van der Waals surface area contributed by atoms with Gasteiger partial charge in [-0.1, -0.05) is 64.0 Å². The largest absolute Gasteiger partial charge is 0.260 e. The summed E-state index contributed by atoms with van der Waals surface area (Å²) in [5, 5.41) is 0.729. The summed E-state index contributed by atoms with van der Waals surface area (Å²) in [6.45, 7) is 6.39. The molecular weight excluding hydrogens is 218 g/mol. The van der Waals surface area contributed by atoms with E-state index in [0.29, 0.717) is 0 Å². The summed E-state index contributed by atoms with van der Waals surface area (Å²) in [7, 11) is 0. The van der Waals surface area contributed by atoms with Crippen LogP contribution in [0.25, 0.3) is 0 Å². The summed E-state index contributed by atoms with van der Waals surface area (Å²) in [4.78, 5) is 3.95. The maximum absolute atomic E-state index is 5.65. The van der Waals surface area contributed by atoms with E-state index in [4.69, 9.17) is 11.6 Å². The molecule has 0 saturated heterocycles. The molecule has 0 aliphatic rings. The van der Waals surface area contributed by atoms with Gasteiger partial charge in [0.15, 0.2) is 0 Å². The number of nitrogens with zero attached hydrogens (tertiary/aromatic N) is 1. The number of hydrogen-bond donors (Lipinski definition) is 0. The molecule has 0 radical (unpaired) electrons. The molecule has 1 nitrogen and oxygen atoms in total. The lowest BCUT2D eigenvalue weighted by molar-refractivity contribution is 0.624. The van der Waals surface area contributed by atoms with Crippen molar-refractivity contribution in [2.75, 3.05) is 0 Å². The molecule has 0 spiro atoms. The van der Waals surface area contributed by atoms with Crippen LogP contribution in [0.2, 0.25) is 5.02 Å². The van der Waals surface area contributed by atoms with Gasteiger partial charge in [0, 0.05) is 6.20 Å². The van der Waals surface area contributed by atoms with Gasteiger partial charge in [-0.25, -0.2) is 0 Å². The van der Waals surface area contributed by atoms with Crippen molar-refractivity contribution >= 4 is 11.6 Å². The van der Waals surface area contributed by atoms with Gasteiger partial charge >= 0.3 is 0 Å². The third-order valence-corrected chi connectivity index (χ3v) is 2.80. The van der Waals surface area contributed by atoms with Gasteiger partial charge in [0.05, 0.1) is 10.7 Å². The first kappa shape index (κ1) is 15.4. The van der Waals surface area contributed by atoms with E-state index in [2.05, 4.69) is 18.8 Å². The summed E-state index contributed by atoms with van der Waals surface area (Å²) < 4.78 is 0. The highest BCUT2D eigenvalue weighted by atomic mass is 35.5. The van der Waals surface area contributed by atoms with Gasteiger partial charge in [-0.15, -0.1) is 0 Å². The maximum Gasteiger partial charge on any atom is 0.0618 e. The normalized spacial score (nSPS) is 9.50. The Labute approximate surface area is 105 Å². The molecule has 1 rings (SSSR count). The van der Waals surface area contributed by atoms with E-state index >= 15 is 0 Å². The minimum atomic E-state index is 0.729. The lowest BCUT2D eigenvalue weighted by atomic mass is 10.1. The fourth-order valence-electron chi connectivity index (χ4n) is 1.32. The van der Waals surface area contributed by atoms with Crippen LogP contribution in [-0.2, 0) is 0 Å². The molecular formula is C14H24ClN. The second-order valence-corrected chi connectivity index (χ2v) is 4.39. The minimum Gasteiger partial charge on any atom is -0.260 e. The van der Waals surface area contributed by atoms with Gasteiger partial charge < -0.3 is 0 Å². The molecule has 0 aliphatic carbocycles. The molecule has 0 aromatic carbocycles. The second-order valence-electron chi connectivity index (χ2n) is 3.98. The fraction of sp³-hybridized carbons (Fsp3) is 0.643. The maximum atomic E-state index is 5.65. The molecule has 0 aliphatic heterocycles. The lowest BCUT2D eigenvalue weighted by Gasteiger charge is -1.93. The molecule has 1 aromatic heterocycles. The molecule has 0 unspecified atom stereocenters. The van der Waals surface area contributed by atoms with Crippen LogP contribution in [0.3, 0.4) is 0 Å². The van der Waals surface area contributed by atoms with E-state index in [0.717, 1.165) is 10.7 Å². The van der Waals surface area contributed by atoms with E-state index in [9.17, 15) is 0 Å². The molecule has 0 atom stereocenters. The Balaban J connectivity index is 0.000000281.